The van der Waals surface area contributed by atoms with Crippen LogP contribution in [0.2, 0.25) is 0 Å². The summed E-state index contributed by atoms with van der Waals surface area (Å²) in [6.45, 7) is 0.352. The van der Waals surface area contributed by atoms with Crippen molar-refractivity contribution in [3.8, 4) is 5.75 Å². The third-order valence-corrected chi connectivity index (χ3v) is 2.16. The Bertz CT molecular complexity index is 420. The fraction of sp³-hybridized carbons (Fsp3) is 0.333. The molecule has 1 aromatic carbocycles. The predicted octanol–water partition coefficient (Wildman–Crippen LogP) is -0.447. The lowest BCUT2D eigenvalue weighted by atomic mass is 10.1. The van der Waals surface area contributed by atoms with Crippen LogP contribution in [0.5, 0.6) is 5.75 Å². The molecular formula is C12H16N2O4. The van der Waals surface area contributed by atoms with Gasteiger partial charge >= 0.3 is 0 Å². The van der Waals surface area contributed by atoms with E-state index in [0.717, 1.165) is 0 Å². The summed E-state index contributed by atoms with van der Waals surface area (Å²) in [5, 5.41) is 12.1. The van der Waals surface area contributed by atoms with Crippen molar-refractivity contribution < 1.29 is 19.4 Å². The molecule has 2 amide bonds. The van der Waals surface area contributed by atoms with Crippen molar-refractivity contribution in [1.82, 2.24) is 5.32 Å². The summed E-state index contributed by atoms with van der Waals surface area (Å²) in [7, 11) is 0. The number of hydrogen-bond donors (Lipinski definition) is 3. The average molecular weight is 252 g/mol. The predicted molar refractivity (Wildman–Crippen MR) is 64.8 cm³/mol. The van der Waals surface area contributed by atoms with Crippen LogP contribution in [0.15, 0.2) is 24.3 Å². The first-order valence-electron chi connectivity index (χ1n) is 5.49. The summed E-state index contributed by atoms with van der Waals surface area (Å²) in [6.07, 6.45) is 0.0997. The molecule has 0 aliphatic heterocycles. The molecule has 0 saturated carbocycles. The average Bonchev–Trinajstić information content (AvgIpc) is 2.31. The number of amides is 2. The number of carbonyl (C=O) groups excluding carboxylic acids is 2. The Morgan fingerprint density at radius 3 is 2.72 bits per heavy atom. The third kappa shape index (κ3) is 5.31. The van der Waals surface area contributed by atoms with Crippen LogP contribution >= 0.6 is 0 Å². The zero-order valence-electron chi connectivity index (χ0n) is 9.89. The quantitative estimate of drug-likeness (QED) is 0.572. The molecule has 0 heterocycles. The molecule has 0 aliphatic carbocycles. The van der Waals surface area contributed by atoms with Crippen molar-refractivity contribution >= 4 is 11.8 Å². The van der Waals surface area contributed by atoms with Crippen LogP contribution in [-0.2, 0) is 20.7 Å². The second kappa shape index (κ2) is 7.29. The maximum absolute atomic E-state index is 11.5. The van der Waals surface area contributed by atoms with Crippen LogP contribution in [0.4, 0.5) is 0 Å². The van der Waals surface area contributed by atoms with Crippen molar-refractivity contribution in [2.75, 3.05) is 19.8 Å². The standard InChI is InChI=1S/C12H16N2O4/c13-11(16)8-18-6-5-14-12(17)7-9-3-1-2-4-10(9)15/h1-4,15H,5-8H2,(H2,13,16)(H,14,17). The number of benzene rings is 1. The summed E-state index contributed by atoms with van der Waals surface area (Å²) >= 11 is 0. The fourth-order valence-electron chi connectivity index (χ4n) is 1.33. The number of rotatable bonds is 7. The highest BCUT2D eigenvalue weighted by atomic mass is 16.5. The first-order chi connectivity index (χ1) is 8.59. The minimum atomic E-state index is -0.546. The third-order valence-electron chi connectivity index (χ3n) is 2.16. The van der Waals surface area contributed by atoms with Gasteiger partial charge in [-0.3, -0.25) is 9.59 Å². The van der Waals surface area contributed by atoms with Gasteiger partial charge in [0.15, 0.2) is 0 Å². The number of nitrogens with one attached hydrogen (secondary N) is 1. The summed E-state index contributed by atoms with van der Waals surface area (Å²) in [6, 6.07) is 6.64. The molecule has 1 aromatic rings. The molecule has 6 nitrogen and oxygen atoms in total. The molecule has 0 radical (unpaired) electrons. The van der Waals surface area contributed by atoms with Gasteiger partial charge in [-0.25, -0.2) is 0 Å². The van der Waals surface area contributed by atoms with E-state index in [9.17, 15) is 14.7 Å². The molecule has 0 atom stereocenters. The summed E-state index contributed by atoms with van der Waals surface area (Å²) in [5.74, 6) is -0.674. The van der Waals surface area contributed by atoms with Gasteiger partial charge < -0.3 is 20.9 Å². The van der Waals surface area contributed by atoms with E-state index >= 15 is 0 Å². The van der Waals surface area contributed by atoms with Crippen LogP contribution in [0, 0.1) is 0 Å². The minimum absolute atomic E-state index is 0.0950. The van der Waals surface area contributed by atoms with Gasteiger partial charge in [0.25, 0.3) is 0 Å². The Hall–Kier alpha value is -2.08. The molecule has 0 saturated heterocycles. The first-order valence-corrected chi connectivity index (χ1v) is 5.49. The van der Waals surface area contributed by atoms with E-state index < -0.39 is 5.91 Å². The van der Waals surface area contributed by atoms with Crippen molar-refractivity contribution in [2.45, 2.75) is 6.42 Å². The molecule has 1 rings (SSSR count). The van der Waals surface area contributed by atoms with E-state index in [2.05, 4.69) is 5.32 Å². The lowest BCUT2D eigenvalue weighted by molar-refractivity contribution is -0.122. The summed E-state index contributed by atoms with van der Waals surface area (Å²) in [4.78, 5) is 21.8. The Balaban J connectivity index is 2.22. The monoisotopic (exact) mass is 252 g/mol. The Morgan fingerprint density at radius 2 is 2.06 bits per heavy atom. The van der Waals surface area contributed by atoms with Gasteiger partial charge in [0, 0.05) is 12.1 Å². The first kappa shape index (κ1) is 14.0. The lowest BCUT2D eigenvalue weighted by Gasteiger charge is -2.06. The molecule has 0 spiro atoms. The molecule has 0 unspecified atom stereocenters. The SMILES string of the molecule is NC(=O)COCCNC(=O)Cc1ccccc1O. The second-order valence-electron chi connectivity index (χ2n) is 3.67. The zero-order chi connectivity index (χ0) is 13.4. The van der Waals surface area contributed by atoms with Gasteiger partial charge in [-0.1, -0.05) is 18.2 Å². The Kier molecular flexibility index (Phi) is 5.66. The highest BCUT2D eigenvalue weighted by Crippen LogP contribution is 2.15. The molecule has 98 valence electrons. The highest BCUT2D eigenvalue weighted by Gasteiger charge is 2.06. The van der Waals surface area contributed by atoms with E-state index in [1.807, 2.05) is 0 Å². The molecule has 18 heavy (non-hydrogen) atoms. The highest BCUT2D eigenvalue weighted by molar-refractivity contribution is 5.79. The number of para-hydroxylation sites is 1. The van der Waals surface area contributed by atoms with Crippen molar-refractivity contribution in [3.63, 3.8) is 0 Å². The molecular weight excluding hydrogens is 236 g/mol. The van der Waals surface area contributed by atoms with Gasteiger partial charge in [0.2, 0.25) is 11.8 Å². The Labute approximate surface area is 105 Å². The summed E-state index contributed by atoms with van der Waals surface area (Å²) in [5.41, 5.74) is 5.44. The van der Waals surface area contributed by atoms with Gasteiger partial charge in [0.1, 0.15) is 12.4 Å². The van der Waals surface area contributed by atoms with Gasteiger partial charge in [-0.2, -0.15) is 0 Å². The number of primary amides is 1. The lowest BCUT2D eigenvalue weighted by Crippen LogP contribution is -2.29. The maximum Gasteiger partial charge on any atom is 0.243 e. The number of nitrogens with two attached hydrogens (primary N) is 1. The van der Waals surface area contributed by atoms with Gasteiger partial charge in [-0.05, 0) is 6.07 Å². The van der Waals surface area contributed by atoms with E-state index in [1.54, 1.807) is 18.2 Å². The van der Waals surface area contributed by atoms with E-state index in [4.69, 9.17) is 10.5 Å². The molecule has 4 N–H and O–H groups in total. The van der Waals surface area contributed by atoms with E-state index in [-0.39, 0.29) is 31.3 Å². The molecule has 6 heteroatoms. The smallest absolute Gasteiger partial charge is 0.243 e. The maximum atomic E-state index is 11.5. The van der Waals surface area contributed by atoms with Gasteiger partial charge in [0.05, 0.1) is 13.0 Å². The minimum Gasteiger partial charge on any atom is -0.508 e. The Morgan fingerprint density at radius 1 is 1.33 bits per heavy atom. The topological polar surface area (TPSA) is 102 Å². The molecule has 0 aromatic heterocycles. The number of phenols is 1. The number of aromatic hydroxyl groups is 1. The van der Waals surface area contributed by atoms with Crippen LogP contribution in [0.3, 0.4) is 0 Å². The van der Waals surface area contributed by atoms with Crippen LogP contribution in [0.1, 0.15) is 5.56 Å². The van der Waals surface area contributed by atoms with Gasteiger partial charge in [-0.15, -0.1) is 0 Å². The molecule has 0 bridgehead atoms. The van der Waals surface area contributed by atoms with Crippen LogP contribution < -0.4 is 11.1 Å². The largest absolute Gasteiger partial charge is 0.508 e. The second-order valence-corrected chi connectivity index (χ2v) is 3.67. The van der Waals surface area contributed by atoms with E-state index in [0.29, 0.717) is 12.1 Å². The fourth-order valence-corrected chi connectivity index (χ4v) is 1.33. The molecule has 0 fully saturated rings. The number of hydrogen-bond acceptors (Lipinski definition) is 4. The summed E-state index contributed by atoms with van der Waals surface area (Å²) < 4.78 is 4.88. The number of phenolic OH excluding ortho intramolecular Hbond substituents is 1. The van der Waals surface area contributed by atoms with Crippen molar-refractivity contribution in [2.24, 2.45) is 5.73 Å². The van der Waals surface area contributed by atoms with Crippen LogP contribution in [0.25, 0.3) is 0 Å². The number of ether oxygens (including phenoxy) is 1. The van der Waals surface area contributed by atoms with Crippen LogP contribution in [-0.4, -0.2) is 36.7 Å². The van der Waals surface area contributed by atoms with Crippen molar-refractivity contribution in [3.05, 3.63) is 29.8 Å². The van der Waals surface area contributed by atoms with Crippen molar-refractivity contribution in [1.29, 1.82) is 0 Å². The molecule has 0 aliphatic rings. The number of carbonyl (C=O) groups is 2. The zero-order valence-corrected chi connectivity index (χ0v) is 9.89. The normalized spacial score (nSPS) is 10.0. The van der Waals surface area contributed by atoms with E-state index in [1.165, 1.54) is 6.07 Å².